The van der Waals surface area contributed by atoms with Gasteiger partial charge in [0.15, 0.2) is 0 Å². The molecule has 0 radical (unpaired) electrons. The Balaban J connectivity index is 3.32. The first-order valence-corrected chi connectivity index (χ1v) is 10.6. The van der Waals surface area contributed by atoms with Crippen LogP contribution in [0.4, 0.5) is 0 Å². The lowest BCUT2D eigenvalue weighted by Crippen LogP contribution is -2.44. The van der Waals surface area contributed by atoms with Crippen LogP contribution >= 0.6 is 0 Å². The third-order valence-corrected chi connectivity index (χ3v) is 5.28. The zero-order valence-electron chi connectivity index (χ0n) is 18.0. The monoisotopic (exact) mass is 392 g/mol. The number of aryl methyl sites for hydroxylation is 1. The molecule has 0 saturated heterocycles. The molecule has 6 heteroatoms. The van der Waals surface area contributed by atoms with Gasteiger partial charge in [-0.1, -0.05) is 53.9 Å². The van der Waals surface area contributed by atoms with Crippen LogP contribution in [0.3, 0.4) is 0 Å². The van der Waals surface area contributed by atoms with E-state index in [-0.39, 0.29) is 17.0 Å². The molecule has 0 saturated carbocycles. The first-order chi connectivity index (χ1) is 13.3. The van der Waals surface area contributed by atoms with E-state index in [0.717, 1.165) is 49.8 Å². The second kappa shape index (κ2) is 11.7. The molecule has 1 aromatic rings. The van der Waals surface area contributed by atoms with E-state index in [4.69, 9.17) is 0 Å². The maximum Gasteiger partial charge on any atom is 0.326 e. The van der Waals surface area contributed by atoms with Gasteiger partial charge < -0.3 is 15.0 Å². The van der Waals surface area contributed by atoms with Crippen LogP contribution < -0.4 is 10.9 Å². The number of hydrogen-bond acceptors (Lipinski definition) is 3. The molecule has 2 atom stereocenters. The summed E-state index contributed by atoms with van der Waals surface area (Å²) in [5.74, 6) is -1.50. The highest BCUT2D eigenvalue weighted by atomic mass is 16.4. The maximum absolute atomic E-state index is 13.1. The first kappa shape index (κ1) is 23.9. The molecule has 1 heterocycles. The fourth-order valence-corrected chi connectivity index (χ4v) is 3.34. The van der Waals surface area contributed by atoms with Crippen LogP contribution in [-0.2, 0) is 24.2 Å². The summed E-state index contributed by atoms with van der Waals surface area (Å²) in [4.78, 5) is 37.5. The van der Waals surface area contributed by atoms with Crippen molar-refractivity contribution >= 4 is 11.9 Å². The maximum atomic E-state index is 13.1. The largest absolute Gasteiger partial charge is 0.480 e. The van der Waals surface area contributed by atoms with Gasteiger partial charge in [-0.2, -0.15) is 0 Å². The van der Waals surface area contributed by atoms with E-state index in [2.05, 4.69) is 19.2 Å². The highest BCUT2D eigenvalue weighted by Crippen LogP contribution is 2.15. The van der Waals surface area contributed by atoms with Gasteiger partial charge in [-0.05, 0) is 43.2 Å². The van der Waals surface area contributed by atoms with Crippen molar-refractivity contribution in [1.82, 2.24) is 9.88 Å². The minimum atomic E-state index is -1.07. The minimum Gasteiger partial charge on any atom is -0.480 e. The van der Waals surface area contributed by atoms with Gasteiger partial charge in [0.1, 0.15) is 11.6 Å². The lowest BCUT2D eigenvalue weighted by Gasteiger charge is -2.20. The summed E-state index contributed by atoms with van der Waals surface area (Å²) in [5, 5.41) is 12.0. The fourth-order valence-electron chi connectivity index (χ4n) is 3.34. The zero-order valence-corrected chi connectivity index (χ0v) is 18.0. The van der Waals surface area contributed by atoms with Crippen molar-refractivity contribution in [2.75, 3.05) is 0 Å². The molecule has 0 fully saturated rings. The number of rotatable bonds is 12. The standard InChI is InChI=1S/C22H36N2O4/c1-6-10-12-24-19(11-7-2)16(9-4)14-17(21(24)26)20(25)23-18(22(27)28)13-15(5)8-3/h14-15,18H,6-13H2,1-5H3,(H,23,25)(H,27,28)/t15?,18-/m0/s1. The molecular weight excluding hydrogens is 356 g/mol. The zero-order chi connectivity index (χ0) is 21.3. The molecule has 1 unspecified atom stereocenters. The third kappa shape index (κ3) is 6.21. The predicted molar refractivity (Wildman–Crippen MR) is 112 cm³/mol. The predicted octanol–water partition coefficient (Wildman–Crippen LogP) is 3.78. The molecule has 6 nitrogen and oxygen atoms in total. The van der Waals surface area contributed by atoms with Gasteiger partial charge in [-0.15, -0.1) is 0 Å². The van der Waals surface area contributed by atoms with E-state index in [0.29, 0.717) is 13.0 Å². The smallest absolute Gasteiger partial charge is 0.326 e. The lowest BCUT2D eigenvalue weighted by atomic mass is 9.98. The summed E-state index contributed by atoms with van der Waals surface area (Å²) < 4.78 is 1.73. The number of amides is 1. The molecule has 0 spiro atoms. The molecule has 28 heavy (non-hydrogen) atoms. The van der Waals surface area contributed by atoms with E-state index < -0.39 is 17.9 Å². The van der Waals surface area contributed by atoms with Gasteiger partial charge in [0.25, 0.3) is 11.5 Å². The van der Waals surface area contributed by atoms with E-state index in [1.165, 1.54) is 0 Å². The topological polar surface area (TPSA) is 88.4 Å². The van der Waals surface area contributed by atoms with E-state index in [9.17, 15) is 19.5 Å². The van der Waals surface area contributed by atoms with Crippen LogP contribution in [0, 0.1) is 5.92 Å². The van der Waals surface area contributed by atoms with Crippen molar-refractivity contribution in [3.63, 3.8) is 0 Å². The Morgan fingerprint density at radius 1 is 1.18 bits per heavy atom. The molecule has 1 rings (SSSR count). The number of hydrogen-bond donors (Lipinski definition) is 2. The number of nitrogens with zero attached hydrogens (tertiary/aromatic N) is 1. The van der Waals surface area contributed by atoms with Crippen LogP contribution in [0.1, 0.15) is 88.3 Å². The highest BCUT2D eigenvalue weighted by Gasteiger charge is 2.25. The number of carbonyl (C=O) groups excluding carboxylic acids is 1. The van der Waals surface area contributed by atoms with Crippen molar-refractivity contribution in [2.24, 2.45) is 5.92 Å². The lowest BCUT2D eigenvalue weighted by molar-refractivity contribution is -0.139. The van der Waals surface area contributed by atoms with Crippen molar-refractivity contribution in [3.8, 4) is 0 Å². The number of carboxylic acids is 1. The molecule has 2 N–H and O–H groups in total. The second-order valence-corrected chi connectivity index (χ2v) is 7.56. The number of pyridine rings is 1. The van der Waals surface area contributed by atoms with Crippen LogP contribution in [0.25, 0.3) is 0 Å². The molecule has 158 valence electrons. The average molecular weight is 393 g/mol. The van der Waals surface area contributed by atoms with E-state index in [1.807, 2.05) is 20.8 Å². The van der Waals surface area contributed by atoms with E-state index >= 15 is 0 Å². The SMILES string of the molecule is CCCCn1c(CCC)c(CC)cc(C(=O)N[C@@H](CC(C)CC)C(=O)O)c1=O. The Bertz CT molecular complexity index is 724. The molecule has 0 bridgehead atoms. The van der Waals surface area contributed by atoms with Gasteiger partial charge in [-0.25, -0.2) is 4.79 Å². The third-order valence-electron chi connectivity index (χ3n) is 5.28. The van der Waals surface area contributed by atoms with Crippen LogP contribution in [0.15, 0.2) is 10.9 Å². The minimum absolute atomic E-state index is 0.0446. The molecule has 0 aromatic carbocycles. The van der Waals surface area contributed by atoms with Crippen molar-refractivity contribution in [3.05, 3.63) is 33.2 Å². The number of unbranched alkanes of at least 4 members (excludes halogenated alkanes) is 1. The normalized spacial score (nSPS) is 13.2. The van der Waals surface area contributed by atoms with Gasteiger partial charge in [0, 0.05) is 12.2 Å². The van der Waals surface area contributed by atoms with Gasteiger partial charge in [0.05, 0.1) is 0 Å². The van der Waals surface area contributed by atoms with Crippen LogP contribution in [0.5, 0.6) is 0 Å². The summed E-state index contributed by atoms with van der Waals surface area (Å²) in [5.41, 5.74) is 1.70. The summed E-state index contributed by atoms with van der Waals surface area (Å²) in [6.45, 7) is 10.7. The average Bonchev–Trinajstić information content (AvgIpc) is 2.67. The number of carboxylic acid groups (broad SMARTS) is 1. The van der Waals surface area contributed by atoms with Crippen molar-refractivity contribution in [2.45, 2.75) is 92.2 Å². The highest BCUT2D eigenvalue weighted by molar-refractivity contribution is 5.96. The van der Waals surface area contributed by atoms with Crippen molar-refractivity contribution in [1.29, 1.82) is 0 Å². The first-order valence-electron chi connectivity index (χ1n) is 10.6. The fraction of sp³-hybridized carbons (Fsp3) is 0.682. The molecule has 0 aliphatic rings. The number of carbonyl (C=O) groups is 2. The summed E-state index contributed by atoms with van der Waals surface area (Å²) in [7, 11) is 0. The van der Waals surface area contributed by atoms with Gasteiger partial charge in [-0.3, -0.25) is 9.59 Å². The Hall–Kier alpha value is -2.11. The quantitative estimate of drug-likeness (QED) is 0.566. The molecule has 1 aromatic heterocycles. The summed E-state index contributed by atoms with van der Waals surface area (Å²) in [6, 6.07) is 0.666. The molecular formula is C22H36N2O4. The van der Waals surface area contributed by atoms with Crippen LogP contribution in [0.2, 0.25) is 0 Å². The summed E-state index contributed by atoms with van der Waals surface area (Å²) in [6.07, 6.45) is 5.40. The Morgan fingerprint density at radius 3 is 2.36 bits per heavy atom. The van der Waals surface area contributed by atoms with Crippen LogP contribution in [-0.4, -0.2) is 27.6 Å². The molecule has 0 aliphatic carbocycles. The van der Waals surface area contributed by atoms with Gasteiger partial charge in [0.2, 0.25) is 0 Å². The van der Waals surface area contributed by atoms with Gasteiger partial charge >= 0.3 is 5.97 Å². The molecule has 0 aliphatic heterocycles. The second-order valence-electron chi connectivity index (χ2n) is 7.56. The Morgan fingerprint density at radius 2 is 1.86 bits per heavy atom. The Labute approximate surface area is 168 Å². The number of aliphatic carboxylic acids is 1. The van der Waals surface area contributed by atoms with Crippen molar-refractivity contribution < 1.29 is 14.7 Å². The Kier molecular flexibility index (Phi) is 9.97. The number of aromatic nitrogens is 1. The number of nitrogens with one attached hydrogen (secondary N) is 1. The van der Waals surface area contributed by atoms with E-state index in [1.54, 1.807) is 10.6 Å². The summed E-state index contributed by atoms with van der Waals surface area (Å²) >= 11 is 0. The molecule has 1 amide bonds.